The van der Waals surface area contributed by atoms with E-state index < -0.39 is 5.41 Å². The fourth-order valence-corrected chi connectivity index (χ4v) is 1.47. The average molecular weight is 232 g/mol. The largest absolute Gasteiger partial charge is 0.356 e. The molecule has 3 N–H and O–H groups in total. The van der Waals surface area contributed by atoms with Gasteiger partial charge in [0, 0.05) is 18.3 Å². The molecule has 0 spiro atoms. The van der Waals surface area contributed by atoms with Crippen LogP contribution in [0.15, 0.2) is 0 Å². The predicted octanol–water partition coefficient (Wildman–Crippen LogP) is 1.62. The molecule has 0 saturated carbocycles. The molecule has 2 atom stereocenters. The molecule has 1 amide bonds. The SMILES string of the molecule is CCC(C)(CN)C(=O)NCCC(C)SC. The minimum Gasteiger partial charge on any atom is -0.356 e. The summed E-state index contributed by atoms with van der Waals surface area (Å²) in [5.74, 6) is 0.0841. The number of rotatable bonds is 7. The highest BCUT2D eigenvalue weighted by atomic mass is 32.2. The van der Waals surface area contributed by atoms with E-state index >= 15 is 0 Å². The summed E-state index contributed by atoms with van der Waals surface area (Å²) in [6, 6.07) is 0. The van der Waals surface area contributed by atoms with E-state index in [0.29, 0.717) is 11.8 Å². The molecule has 3 nitrogen and oxygen atoms in total. The first-order valence-corrected chi connectivity index (χ1v) is 6.80. The summed E-state index contributed by atoms with van der Waals surface area (Å²) in [4.78, 5) is 11.8. The van der Waals surface area contributed by atoms with Crippen molar-refractivity contribution in [3.8, 4) is 0 Å². The third kappa shape index (κ3) is 4.89. The summed E-state index contributed by atoms with van der Waals surface area (Å²) in [6.07, 6.45) is 3.88. The molecule has 2 unspecified atom stereocenters. The summed E-state index contributed by atoms with van der Waals surface area (Å²) in [5.41, 5.74) is 5.21. The first-order valence-electron chi connectivity index (χ1n) is 5.51. The Hall–Kier alpha value is -0.220. The Kier molecular flexibility index (Phi) is 7.02. The maximum Gasteiger partial charge on any atom is 0.227 e. The molecule has 90 valence electrons. The second kappa shape index (κ2) is 7.12. The van der Waals surface area contributed by atoms with Crippen molar-refractivity contribution in [2.75, 3.05) is 19.3 Å². The molecular formula is C11H24N2OS. The van der Waals surface area contributed by atoms with Crippen molar-refractivity contribution in [3.63, 3.8) is 0 Å². The van der Waals surface area contributed by atoms with E-state index in [2.05, 4.69) is 18.5 Å². The van der Waals surface area contributed by atoms with E-state index in [-0.39, 0.29) is 5.91 Å². The Morgan fingerprint density at radius 2 is 2.20 bits per heavy atom. The number of carbonyl (C=O) groups excluding carboxylic acids is 1. The third-order valence-corrected chi connectivity index (χ3v) is 4.06. The van der Waals surface area contributed by atoms with E-state index in [4.69, 9.17) is 5.73 Å². The highest BCUT2D eigenvalue weighted by Crippen LogP contribution is 2.19. The molecule has 0 heterocycles. The fraction of sp³-hybridized carbons (Fsp3) is 0.909. The first kappa shape index (κ1) is 14.8. The Morgan fingerprint density at radius 1 is 1.60 bits per heavy atom. The quantitative estimate of drug-likeness (QED) is 0.701. The van der Waals surface area contributed by atoms with Gasteiger partial charge >= 0.3 is 0 Å². The van der Waals surface area contributed by atoms with Crippen molar-refractivity contribution in [3.05, 3.63) is 0 Å². The average Bonchev–Trinajstić information content (AvgIpc) is 2.27. The number of thioether (sulfide) groups is 1. The second-order valence-electron chi connectivity index (χ2n) is 4.21. The van der Waals surface area contributed by atoms with Gasteiger partial charge in [0.25, 0.3) is 0 Å². The summed E-state index contributed by atoms with van der Waals surface area (Å²) < 4.78 is 0. The van der Waals surface area contributed by atoms with Crippen LogP contribution in [-0.4, -0.2) is 30.5 Å². The van der Waals surface area contributed by atoms with Gasteiger partial charge in [-0.2, -0.15) is 11.8 Å². The zero-order chi connectivity index (χ0) is 11.9. The molecule has 0 fully saturated rings. The van der Waals surface area contributed by atoms with E-state index in [1.165, 1.54) is 0 Å². The van der Waals surface area contributed by atoms with Crippen molar-refractivity contribution in [1.82, 2.24) is 5.32 Å². The van der Waals surface area contributed by atoms with Crippen LogP contribution in [0.25, 0.3) is 0 Å². The van der Waals surface area contributed by atoms with Gasteiger partial charge in [0.2, 0.25) is 5.91 Å². The van der Waals surface area contributed by atoms with Gasteiger partial charge in [-0.25, -0.2) is 0 Å². The lowest BCUT2D eigenvalue weighted by molar-refractivity contribution is -0.129. The molecule has 0 aliphatic rings. The summed E-state index contributed by atoms with van der Waals surface area (Å²) in [5, 5.41) is 3.55. The van der Waals surface area contributed by atoms with Gasteiger partial charge in [-0.15, -0.1) is 0 Å². The van der Waals surface area contributed by atoms with Crippen LogP contribution >= 0.6 is 11.8 Å². The van der Waals surface area contributed by atoms with E-state index in [0.717, 1.165) is 19.4 Å². The number of hydrogen-bond donors (Lipinski definition) is 2. The van der Waals surface area contributed by atoms with Crippen molar-refractivity contribution in [1.29, 1.82) is 0 Å². The smallest absolute Gasteiger partial charge is 0.227 e. The van der Waals surface area contributed by atoms with Crippen LogP contribution in [0.2, 0.25) is 0 Å². The van der Waals surface area contributed by atoms with Crippen LogP contribution in [0, 0.1) is 5.41 Å². The minimum atomic E-state index is -0.400. The van der Waals surface area contributed by atoms with E-state index in [1.807, 2.05) is 25.6 Å². The van der Waals surface area contributed by atoms with Gasteiger partial charge in [-0.1, -0.05) is 13.8 Å². The highest BCUT2D eigenvalue weighted by molar-refractivity contribution is 7.99. The van der Waals surface area contributed by atoms with Crippen LogP contribution < -0.4 is 11.1 Å². The normalized spacial score (nSPS) is 16.9. The molecule has 0 rings (SSSR count). The number of carbonyl (C=O) groups is 1. The summed E-state index contributed by atoms with van der Waals surface area (Å²) >= 11 is 1.82. The van der Waals surface area contributed by atoms with Gasteiger partial charge < -0.3 is 11.1 Å². The molecule has 0 radical (unpaired) electrons. The van der Waals surface area contributed by atoms with Crippen LogP contribution in [0.3, 0.4) is 0 Å². The van der Waals surface area contributed by atoms with Crippen molar-refractivity contribution in [2.24, 2.45) is 11.1 Å². The highest BCUT2D eigenvalue weighted by Gasteiger charge is 2.29. The molecule has 0 aliphatic carbocycles. The van der Waals surface area contributed by atoms with Gasteiger partial charge in [0.05, 0.1) is 5.41 Å². The molecule has 0 aromatic carbocycles. The zero-order valence-electron chi connectivity index (χ0n) is 10.3. The van der Waals surface area contributed by atoms with Crippen LogP contribution in [0.1, 0.15) is 33.6 Å². The topological polar surface area (TPSA) is 55.1 Å². The number of nitrogens with two attached hydrogens (primary N) is 1. The summed E-state index contributed by atoms with van der Waals surface area (Å²) in [6.45, 7) is 7.24. The third-order valence-electron chi connectivity index (χ3n) is 3.02. The maximum atomic E-state index is 11.8. The van der Waals surface area contributed by atoms with E-state index in [9.17, 15) is 4.79 Å². The van der Waals surface area contributed by atoms with Crippen LogP contribution in [0.5, 0.6) is 0 Å². The van der Waals surface area contributed by atoms with Crippen molar-refractivity contribution >= 4 is 17.7 Å². The lowest BCUT2D eigenvalue weighted by atomic mass is 9.86. The Balaban J connectivity index is 3.92. The van der Waals surface area contributed by atoms with Gasteiger partial charge in [0.1, 0.15) is 0 Å². The van der Waals surface area contributed by atoms with Gasteiger partial charge in [0.15, 0.2) is 0 Å². The minimum absolute atomic E-state index is 0.0841. The molecule has 15 heavy (non-hydrogen) atoms. The van der Waals surface area contributed by atoms with Crippen LogP contribution in [-0.2, 0) is 4.79 Å². The van der Waals surface area contributed by atoms with Gasteiger partial charge in [-0.3, -0.25) is 4.79 Å². The molecule has 4 heteroatoms. The van der Waals surface area contributed by atoms with E-state index in [1.54, 1.807) is 0 Å². The Morgan fingerprint density at radius 3 is 2.60 bits per heavy atom. The lowest BCUT2D eigenvalue weighted by Gasteiger charge is -2.25. The number of amides is 1. The van der Waals surface area contributed by atoms with Crippen molar-refractivity contribution < 1.29 is 4.79 Å². The Labute approximate surface area is 97.6 Å². The first-order chi connectivity index (χ1) is 7.00. The fourth-order valence-electron chi connectivity index (χ4n) is 1.12. The predicted molar refractivity (Wildman–Crippen MR) is 68.1 cm³/mol. The zero-order valence-corrected chi connectivity index (χ0v) is 11.1. The molecule has 0 aliphatic heterocycles. The van der Waals surface area contributed by atoms with Crippen molar-refractivity contribution in [2.45, 2.75) is 38.9 Å². The molecule has 0 aromatic rings. The standard InChI is InChI=1S/C11H24N2OS/c1-5-11(3,8-12)10(14)13-7-6-9(2)15-4/h9H,5-8,12H2,1-4H3,(H,13,14). The molecule has 0 aromatic heterocycles. The van der Waals surface area contributed by atoms with Gasteiger partial charge in [-0.05, 0) is 26.0 Å². The molecule has 0 saturated heterocycles. The maximum absolute atomic E-state index is 11.8. The second-order valence-corrected chi connectivity index (χ2v) is 5.49. The van der Waals surface area contributed by atoms with Crippen LogP contribution in [0.4, 0.5) is 0 Å². The number of nitrogens with one attached hydrogen (secondary N) is 1. The Bertz CT molecular complexity index is 193. The summed E-state index contributed by atoms with van der Waals surface area (Å²) in [7, 11) is 0. The molecule has 0 bridgehead atoms. The molecular weight excluding hydrogens is 208 g/mol. The number of hydrogen-bond acceptors (Lipinski definition) is 3. The lowest BCUT2D eigenvalue weighted by Crippen LogP contribution is -2.44. The monoisotopic (exact) mass is 232 g/mol.